The van der Waals surface area contributed by atoms with Crippen molar-refractivity contribution in [3.05, 3.63) is 46.5 Å². The third kappa shape index (κ3) is 5.14. The van der Waals surface area contributed by atoms with Crippen LogP contribution in [0.2, 0.25) is 10.0 Å². The van der Waals surface area contributed by atoms with Crippen LogP contribution in [-0.4, -0.2) is 42.1 Å². The molecule has 0 fully saturated rings. The molecule has 2 amide bonds. The number of halogens is 2. The number of benzene rings is 1. The lowest BCUT2D eigenvalue weighted by Gasteiger charge is -2.37. The van der Waals surface area contributed by atoms with Crippen LogP contribution in [0, 0.1) is 0 Å². The Morgan fingerprint density at radius 3 is 2.54 bits per heavy atom. The highest BCUT2D eigenvalue weighted by Gasteiger charge is 2.34. The molecule has 1 aromatic rings. The standard InChI is InChI=1S/C17H22Cl2N2O3/c1-4-8-17(10-20-16(23)24,11-21(3)15(22)5-2)12-6-7-13(18)14(19)9-12/h4,6-7,9,20H,1,5,8,10-11H2,2-3H3,(H,23,24). The van der Waals surface area contributed by atoms with Crippen molar-refractivity contribution >= 4 is 35.2 Å². The first-order valence-corrected chi connectivity index (χ1v) is 8.28. The number of nitrogens with one attached hydrogen (secondary N) is 1. The molecule has 7 heteroatoms. The third-order valence-corrected chi connectivity index (χ3v) is 4.65. The number of hydrogen-bond donors (Lipinski definition) is 2. The molecule has 0 aromatic heterocycles. The highest BCUT2D eigenvalue weighted by molar-refractivity contribution is 6.42. The van der Waals surface area contributed by atoms with Gasteiger partial charge >= 0.3 is 6.09 Å². The third-order valence-electron chi connectivity index (χ3n) is 3.91. The Hall–Kier alpha value is -1.72. The van der Waals surface area contributed by atoms with E-state index in [0.717, 1.165) is 5.56 Å². The zero-order chi connectivity index (χ0) is 18.3. The van der Waals surface area contributed by atoms with Gasteiger partial charge in [0.05, 0.1) is 10.0 Å². The zero-order valence-electron chi connectivity index (χ0n) is 13.8. The van der Waals surface area contributed by atoms with Gasteiger partial charge in [0.25, 0.3) is 0 Å². The topological polar surface area (TPSA) is 69.6 Å². The highest BCUT2D eigenvalue weighted by atomic mass is 35.5. The average molecular weight is 373 g/mol. The summed E-state index contributed by atoms with van der Waals surface area (Å²) < 4.78 is 0. The molecule has 2 N–H and O–H groups in total. The summed E-state index contributed by atoms with van der Waals surface area (Å²) in [5.74, 6) is -0.0289. The quantitative estimate of drug-likeness (QED) is 0.678. The van der Waals surface area contributed by atoms with Crippen LogP contribution in [0.5, 0.6) is 0 Å². The molecule has 0 heterocycles. The van der Waals surface area contributed by atoms with Gasteiger partial charge in [-0.2, -0.15) is 0 Å². The van der Waals surface area contributed by atoms with Crippen LogP contribution in [0.3, 0.4) is 0 Å². The summed E-state index contributed by atoms with van der Waals surface area (Å²) in [4.78, 5) is 24.6. The molecule has 0 aliphatic heterocycles. The first kappa shape index (κ1) is 20.3. The van der Waals surface area contributed by atoms with Gasteiger partial charge in [-0.15, -0.1) is 6.58 Å². The molecule has 0 radical (unpaired) electrons. The summed E-state index contributed by atoms with van der Waals surface area (Å²) in [6, 6.07) is 5.17. The van der Waals surface area contributed by atoms with Crippen molar-refractivity contribution in [2.24, 2.45) is 0 Å². The van der Waals surface area contributed by atoms with Crippen molar-refractivity contribution in [1.29, 1.82) is 0 Å². The lowest BCUT2D eigenvalue weighted by atomic mass is 9.76. The zero-order valence-corrected chi connectivity index (χ0v) is 15.3. The number of carbonyl (C=O) groups is 2. The molecule has 0 bridgehead atoms. The summed E-state index contributed by atoms with van der Waals surface area (Å²) >= 11 is 12.1. The van der Waals surface area contributed by atoms with E-state index in [9.17, 15) is 9.59 Å². The number of rotatable bonds is 8. The molecule has 1 atom stereocenters. The predicted molar refractivity (Wildman–Crippen MR) is 96.9 cm³/mol. The number of amides is 2. The van der Waals surface area contributed by atoms with E-state index < -0.39 is 11.5 Å². The molecular formula is C17H22Cl2N2O3. The average Bonchev–Trinajstić information content (AvgIpc) is 2.54. The van der Waals surface area contributed by atoms with Crippen molar-refractivity contribution in [3.63, 3.8) is 0 Å². The minimum Gasteiger partial charge on any atom is -0.465 e. The molecule has 1 rings (SSSR count). The van der Waals surface area contributed by atoms with E-state index in [0.29, 0.717) is 29.4 Å². The Kier molecular flexibility index (Phi) is 7.58. The van der Waals surface area contributed by atoms with Crippen LogP contribution >= 0.6 is 23.2 Å². The largest absolute Gasteiger partial charge is 0.465 e. The van der Waals surface area contributed by atoms with Gasteiger partial charge in [-0.1, -0.05) is 42.3 Å². The molecule has 0 aliphatic rings. The Balaban J connectivity index is 3.32. The molecule has 132 valence electrons. The summed E-state index contributed by atoms with van der Waals surface area (Å²) in [6.07, 6.45) is 1.41. The second kappa shape index (κ2) is 8.94. The number of carbonyl (C=O) groups excluding carboxylic acids is 1. The monoisotopic (exact) mass is 372 g/mol. The molecule has 1 unspecified atom stereocenters. The van der Waals surface area contributed by atoms with Gasteiger partial charge in [-0.3, -0.25) is 4.79 Å². The van der Waals surface area contributed by atoms with Gasteiger partial charge in [0, 0.05) is 32.0 Å². The van der Waals surface area contributed by atoms with E-state index in [1.807, 2.05) is 0 Å². The van der Waals surface area contributed by atoms with Crippen LogP contribution in [-0.2, 0) is 10.2 Å². The van der Waals surface area contributed by atoms with Crippen molar-refractivity contribution in [3.8, 4) is 0 Å². The summed E-state index contributed by atoms with van der Waals surface area (Å²) in [5.41, 5.74) is 0.106. The van der Waals surface area contributed by atoms with Gasteiger partial charge in [-0.25, -0.2) is 4.79 Å². The number of nitrogens with zero attached hydrogens (tertiary/aromatic N) is 1. The lowest BCUT2D eigenvalue weighted by molar-refractivity contribution is -0.130. The van der Waals surface area contributed by atoms with E-state index >= 15 is 0 Å². The molecule has 0 saturated carbocycles. The van der Waals surface area contributed by atoms with Gasteiger partial charge in [0.2, 0.25) is 5.91 Å². The Morgan fingerprint density at radius 2 is 2.04 bits per heavy atom. The van der Waals surface area contributed by atoms with Crippen LogP contribution in [0.15, 0.2) is 30.9 Å². The maximum absolute atomic E-state index is 12.0. The number of hydrogen-bond acceptors (Lipinski definition) is 2. The highest BCUT2D eigenvalue weighted by Crippen LogP contribution is 2.33. The van der Waals surface area contributed by atoms with Crippen LogP contribution in [0.4, 0.5) is 4.79 Å². The molecule has 5 nitrogen and oxygen atoms in total. The predicted octanol–water partition coefficient (Wildman–Crippen LogP) is 3.94. The first-order chi connectivity index (χ1) is 11.3. The Labute approximate surface area is 152 Å². The van der Waals surface area contributed by atoms with Crippen molar-refractivity contribution in [2.75, 3.05) is 20.1 Å². The van der Waals surface area contributed by atoms with E-state index in [4.69, 9.17) is 28.3 Å². The smallest absolute Gasteiger partial charge is 0.404 e. The fourth-order valence-electron chi connectivity index (χ4n) is 2.66. The fourth-order valence-corrected chi connectivity index (χ4v) is 2.96. The van der Waals surface area contributed by atoms with Gasteiger partial charge in [-0.05, 0) is 24.1 Å². The van der Waals surface area contributed by atoms with E-state index in [-0.39, 0.29) is 12.5 Å². The maximum Gasteiger partial charge on any atom is 0.404 e. The van der Waals surface area contributed by atoms with Crippen LogP contribution < -0.4 is 5.32 Å². The molecular weight excluding hydrogens is 351 g/mol. The number of allylic oxidation sites excluding steroid dienone is 1. The van der Waals surface area contributed by atoms with Crippen LogP contribution in [0.1, 0.15) is 25.3 Å². The Morgan fingerprint density at radius 1 is 1.38 bits per heavy atom. The summed E-state index contributed by atoms with van der Waals surface area (Å²) in [6.45, 7) is 6.00. The van der Waals surface area contributed by atoms with Crippen molar-refractivity contribution in [1.82, 2.24) is 10.2 Å². The van der Waals surface area contributed by atoms with Gasteiger partial charge in [0.15, 0.2) is 0 Å². The van der Waals surface area contributed by atoms with Crippen molar-refractivity contribution in [2.45, 2.75) is 25.2 Å². The number of likely N-dealkylation sites (N-methyl/N-ethyl adjacent to an activating group) is 1. The first-order valence-electron chi connectivity index (χ1n) is 7.53. The normalized spacial score (nSPS) is 13.0. The molecule has 0 aliphatic carbocycles. The molecule has 24 heavy (non-hydrogen) atoms. The SMILES string of the molecule is C=CCC(CNC(=O)O)(CN(C)C(=O)CC)c1ccc(Cl)c(Cl)c1. The van der Waals surface area contributed by atoms with Crippen molar-refractivity contribution < 1.29 is 14.7 Å². The summed E-state index contributed by atoms with van der Waals surface area (Å²) in [7, 11) is 1.70. The molecule has 0 saturated heterocycles. The van der Waals surface area contributed by atoms with E-state index in [2.05, 4.69) is 11.9 Å². The minimum absolute atomic E-state index is 0.0289. The Bertz CT molecular complexity index is 622. The fraction of sp³-hybridized carbons (Fsp3) is 0.412. The maximum atomic E-state index is 12.0. The number of carboxylic acid groups (broad SMARTS) is 1. The van der Waals surface area contributed by atoms with E-state index in [1.54, 1.807) is 43.1 Å². The van der Waals surface area contributed by atoms with Gasteiger partial charge in [0.1, 0.15) is 0 Å². The lowest BCUT2D eigenvalue weighted by Crippen LogP contribution is -2.48. The second-order valence-electron chi connectivity index (χ2n) is 5.66. The molecule has 1 aromatic carbocycles. The minimum atomic E-state index is -1.13. The summed E-state index contributed by atoms with van der Waals surface area (Å²) in [5, 5.41) is 12.2. The van der Waals surface area contributed by atoms with E-state index in [1.165, 1.54) is 0 Å². The second-order valence-corrected chi connectivity index (χ2v) is 6.48. The van der Waals surface area contributed by atoms with Gasteiger partial charge < -0.3 is 15.3 Å². The molecule has 0 spiro atoms. The van der Waals surface area contributed by atoms with Crippen LogP contribution in [0.25, 0.3) is 0 Å².